The lowest BCUT2D eigenvalue weighted by molar-refractivity contribution is -0.132. The highest BCUT2D eigenvalue weighted by Crippen LogP contribution is 2.29. The largest absolute Gasteiger partial charge is 0.385 e. The van der Waals surface area contributed by atoms with E-state index < -0.39 is 15.8 Å². The van der Waals surface area contributed by atoms with E-state index in [2.05, 4.69) is 0 Å². The summed E-state index contributed by atoms with van der Waals surface area (Å²) in [6, 6.07) is 8.67. The molecule has 0 bridgehead atoms. The molecule has 30 heavy (non-hydrogen) atoms. The van der Waals surface area contributed by atoms with Crippen LogP contribution in [0, 0.1) is 5.82 Å². The Labute approximate surface area is 177 Å². The molecular weight excluding hydrogens is 409 g/mol. The molecule has 164 valence electrons. The molecule has 1 fully saturated rings. The SMILES string of the molecule is COCCCN(CC(=O)N(Cc1cccn1C)C1CC1)S(=O)(=O)c1ccc(F)cc1. The van der Waals surface area contributed by atoms with Crippen LogP contribution in [0.5, 0.6) is 0 Å². The van der Waals surface area contributed by atoms with E-state index in [1.54, 1.807) is 12.0 Å². The first-order valence-electron chi connectivity index (χ1n) is 9.97. The van der Waals surface area contributed by atoms with E-state index in [1.165, 1.54) is 16.4 Å². The quantitative estimate of drug-likeness (QED) is 0.506. The normalized spacial score (nSPS) is 14.3. The van der Waals surface area contributed by atoms with Crippen LogP contribution in [0.4, 0.5) is 4.39 Å². The number of methoxy groups -OCH3 is 1. The Bertz CT molecular complexity index is 955. The Balaban J connectivity index is 1.79. The molecule has 1 aliphatic rings. The van der Waals surface area contributed by atoms with Crippen molar-refractivity contribution in [3.05, 3.63) is 54.1 Å². The van der Waals surface area contributed by atoms with Gasteiger partial charge >= 0.3 is 0 Å². The molecule has 0 spiro atoms. The molecule has 0 aliphatic heterocycles. The number of hydrogen-bond acceptors (Lipinski definition) is 4. The van der Waals surface area contributed by atoms with Gasteiger partial charge in [0.15, 0.2) is 0 Å². The summed E-state index contributed by atoms with van der Waals surface area (Å²) in [6.07, 6.45) is 4.21. The summed E-state index contributed by atoms with van der Waals surface area (Å²) in [7, 11) is -0.486. The number of carbonyl (C=O) groups is 1. The lowest BCUT2D eigenvalue weighted by Crippen LogP contribution is -2.44. The van der Waals surface area contributed by atoms with Crippen LogP contribution in [0.15, 0.2) is 47.5 Å². The maximum Gasteiger partial charge on any atom is 0.243 e. The van der Waals surface area contributed by atoms with E-state index in [4.69, 9.17) is 4.74 Å². The lowest BCUT2D eigenvalue weighted by Gasteiger charge is -2.27. The summed E-state index contributed by atoms with van der Waals surface area (Å²) in [4.78, 5) is 14.9. The fraction of sp³-hybridized carbons (Fsp3) is 0.476. The molecule has 3 rings (SSSR count). The number of halogens is 1. The number of sulfonamides is 1. The maximum atomic E-state index is 13.3. The van der Waals surface area contributed by atoms with E-state index in [1.807, 2.05) is 29.9 Å². The minimum absolute atomic E-state index is 0.0328. The highest BCUT2D eigenvalue weighted by molar-refractivity contribution is 7.89. The Morgan fingerprint density at radius 3 is 2.50 bits per heavy atom. The number of aromatic nitrogens is 1. The van der Waals surface area contributed by atoms with Gasteiger partial charge in [-0.25, -0.2) is 12.8 Å². The predicted molar refractivity (Wildman–Crippen MR) is 111 cm³/mol. The molecule has 0 saturated heterocycles. The Morgan fingerprint density at radius 1 is 1.23 bits per heavy atom. The minimum Gasteiger partial charge on any atom is -0.385 e. The highest BCUT2D eigenvalue weighted by Gasteiger charge is 2.35. The monoisotopic (exact) mass is 437 g/mol. The van der Waals surface area contributed by atoms with Crippen LogP contribution >= 0.6 is 0 Å². The molecule has 0 N–H and O–H groups in total. The lowest BCUT2D eigenvalue weighted by atomic mass is 10.3. The van der Waals surface area contributed by atoms with Crippen molar-refractivity contribution in [1.29, 1.82) is 0 Å². The van der Waals surface area contributed by atoms with Gasteiger partial charge in [0.2, 0.25) is 15.9 Å². The Hall–Kier alpha value is -2.23. The van der Waals surface area contributed by atoms with Gasteiger partial charge in [-0.1, -0.05) is 0 Å². The fourth-order valence-electron chi connectivity index (χ4n) is 3.31. The topological polar surface area (TPSA) is 71.8 Å². The first-order chi connectivity index (χ1) is 14.3. The maximum absolute atomic E-state index is 13.3. The van der Waals surface area contributed by atoms with Gasteiger partial charge < -0.3 is 14.2 Å². The number of rotatable bonds is 11. The number of nitrogens with zero attached hydrogens (tertiary/aromatic N) is 3. The molecular formula is C21H28FN3O4S. The van der Waals surface area contributed by atoms with Crippen LogP contribution in [0.25, 0.3) is 0 Å². The van der Waals surface area contributed by atoms with E-state index >= 15 is 0 Å². The van der Waals surface area contributed by atoms with Crippen LogP contribution in [0.1, 0.15) is 25.0 Å². The molecule has 1 amide bonds. The molecule has 2 aromatic rings. The average Bonchev–Trinajstić information content (AvgIpc) is 3.47. The summed E-state index contributed by atoms with van der Waals surface area (Å²) >= 11 is 0. The first-order valence-corrected chi connectivity index (χ1v) is 11.4. The zero-order chi connectivity index (χ0) is 21.7. The van der Waals surface area contributed by atoms with E-state index in [9.17, 15) is 17.6 Å². The van der Waals surface area contributed by atoms with Crippen molar-refractivity contribution in [2.24, 2.45) is 7.05 Å². The van der Waals surface area contributed by atoms with E-state index in [-0.39, 0.29) is 29.9 Å². The number of amides is 1. The number of carbonyl (C=O) groups excluding carboxylic acids is 1. The van der Waals surface area contributed by atoms with Gasteiger partial charge in [0.1, 0.15) is 5.82 Å². The molecule has 0 unspecified atom stereocenters. The second-order valence-corrected chi connectivity index (χ2v) is 9.44. The minimum atomic E-state index is -3.94. The second kappa shape index (κ2) is 9.72. The predicted octanol–water partition coefficient (Wildman–Crippen LogP) is 2.38. The van der Waals surface area contributed by atoms with Crippen LogP contribution in [-0.4, -0.2) is 60.9 Å². The number of benzene rings is 1. The number of ether oxygens (including phenoxy) is 1. The third-order valence-corrected chi connectivity index (χ3v) is 7.07. The van der Waals surface area contributed by atoms with Gasteiger partial charge in [-0.2, -0.15) is 4.31 Å². The van der Waals surface area contributed by atoms with E-state index in [0.29, 0.717) is 19.6 Å². The summed E-state index contributed by atoms with van der Waals surface area (Å²) in [5.74, 6) is -0.750. The van der Waals surface area contributed by atoms with Crippen LogP contribution in [-0.2, 0) is 33.1 Å². The number of aryl methyl sites for hydroxylation is 1. The number of hydrogen-bond donors (Lipinski definition) is 0. The van der Waals surface area contributed by atoms with Gasteiger partial charge in [0.25, 0.3) is 0 Å². The molecule has 1 aromatic heterocycles. The summed E-state index contributed by atoms with van der Waals surface area (Å²) < 4.78 is 47.7. The molecule has 7 nitrogen and oxygen atoms in total. The van der Waals surface area contributed by atoms with Crippen molar-refractivity contribution in [3.63, 3.8) is 0 Å². The van der Waals surface area contributed by atoms with Crippen molar-refractivity contribution < 1.29 is 22.3 Å². The Morgan fingerprint density at radius 2 is 1.93 bits per heavy atom. The fourth-order valence-corrected chi connectivity index (χ4v) is 4.74. The van der Waals surface area contributed by atoms with Crippen LogP contribution in [0.2, 0.25) is 0 Å². The van der Waals surface area contributed by atoms with Crippen molar-refractivity contribution in [2.75, 3.05) is 26.8 Å². The second-order valence-electron chi connectivity index (χ2n) is 7.50. The van der Waals surface area contributed by atoms with Gasteiger partial charge in [-0.15, -0.1) is 0 Å². The van der Waals surface area contributed by atoms with Crippen LogP contribution < -0.4 is 0 Å². The first kappa shape index (κ1) is 22.5. The van der Waals surface area contributed by atoms with Crippen molar-refractivity contribution in [1.82, 2.24) is 13.8 Å². The van der Waals surface area contributed by atoms with Gasteiger partial charge in [0.05, 0.1) is 18.0 Å². The average molecular weight is 438 g/mol. The standard InChI is InChI=1S/C21H28FN3O4S/c1-23-12-3-5-19(23)15-25(18-8-9-18)21(26)16-24(13-4-14-29-2)30(27,28)20-10-6-17(22)7-11-20/h3,5-7,10-12,18H,4,8-9,13-16H2,1-2H3. The molecule has 0 atom stereocenters. The van der Waals surface area contributed by atoms with Gasteiger partial charge in [-0.3, -0.25) is 4.79 Å². The van der Waals surface area contributed by atoms with Crippen LogP contribution in [0.3, 0.4) is 0 Å². The van der Waals surface area contributed by atoms with Crippen molar-refractivity contribution in [3.8, 4) is 0 Å². The van der Waals surface area contributed by atoms with Gasteiger partial charge in [-0.05, 0) is 55.7 Å². The molecule has 9 heteroatoms. The molecule has 0 radical (unpaired) electrons. The zero-order valence-corrected chi connectivity index (χ0v) is 18.1. The van der Waals surface area contributed by atoms with E-state index in [0.717, 1.165) is 30.7 Å². The summed E-state index contributed by atoms with van der Waals surface area (Å²) in [5, 5.41) is 0. The summed E-state index contributed by atoms with van der Waals surface area (Å²) in [6.45, 7) is 0.696. The molecule has 1 saturated carbocycles. The van der Waals surface area contributed by atoms with Crippen molar-refractivity contribution in [2.45, 2.75) is 36.7 Å². The molecule has 1 aromatic carbocycles. The highest BCUT2D eigenvalue weighted by atomic mass is 32.2. The molecule has 1 aliphatic carbocycles. The molecule has 1 heterocycles. The van der Waals surface area contributed by atoms with Crippen molar-refractivity contribution >= 4 is 15.9 Å². The Kier molecular flexibility index (Phi) is 7.27. The zero-order valence-electron chi connectivity index (χ0n) is 17.3. The third kappa shape index (κ3) is 5.47. The van der Waals surface area contributed by atoms with Gasteiger partial charge in [0, 0.05) is 45.2 Å². The third-order valence-electron chi connectivity index (χ3n) is 5.21. The smallest absolute Gasteiger partial charge is 0.243 e. The summed E-state index contributed by atoms with van der Waals surface area (Å²) in [5.41, 5.74) is 0.988.